The lowest BCUT2D eigenvalue weighted by atomic mass is 10.1. The van der Waals surface area contributed by atoms with Crippen molar-refractivity contribution < 1.29 is 9.72 Å². The quantitative estimate of drug-likeness (QED) is 0.541. The highest BCUT2D eigenvalue weighted by atomic mass is 16.6. The van der Waals surface area contributed by atoms with Gasteiger partial charge in [-0.2, -0.15) is 0 Å². The first-order chi connectivity index (χ1) is 7.08. The third-order valence-electron chi connectivity index (χ3n) is 2.28. The van der Waals surface area contributed by atoms with Crippen LogP contribution in [0.2, 0.25) is 0 Å². The average Bonchev–Trinajstić information content (AvgIpc) is 2.16. The van der Waals surface area contributed by atoms with Gasteiger partial charge < -0.3 is 0 Å². The van der Waals surface area contributed by atoms with E-state index in [1.807, 2.05) is 0 Å². The van der Waals surface area contributed by atoms with Crippen molar-refractivity contribution in [3.05, 3.63) is 33.9 Å². The summed E-state index contributed by atoms with van der Waals surface area (Å²) in [6.07, 6.45) is 0.182. The second-order valence-electron chi connectivity index (χ2n) is 3.34. The number of fused-ring (bicyclic) bond motifs is 1. The average molecular weight is 207 g/mol. The van der Waals surface area contributed by atoms with Gasteiger partial charge in [0.25, 0.3) is 5.69 Å². The molecule has 0 saturated carbocycles. The van der Waals surface area contributed by atoms with Crippen molar-refractivity contribution in [3.8, 4) is 0 Å². The molecule has 0 aliphatic carbocycles. The highest BCUT2D eigenvalue weighted by molar-refractivity contribution is 5.85. The number of rotatable bonds is 1. The Bertz CT molecular complexity index is 444. The molecule has 0 fully saturated rings. The molecule has 1 N–H and O–H groups in total. The van der Waals surface area contributed by atoms with E-state index in [-0.39, 0.29) is 18.0 Å². The standard InChI is InChI=1S/C9H9N3O3/c1-11-8-3-2-7(12(14)15)4-6(8)5-9(13)10-11/h2-4H,5H2,1H3,(H,10,13). The van der Waals surface area contributed by atoms with Crippen molar-refractivity contribution in [2.24, 2.45) is 0 Å². The van der Waals surface area contributed by atoms with Crippen LogP contribution in [0.3, 0.4) is 0 Å². The van der Waals surface area contributed by atoms with Crippen LogP contribution in [0.15, 0.2) is 18.2 Å². The van der Waals surface area contributed by atoms with Gasteiger partial charge in [-0.15, -0.1) is 0 Å². The Balaban J connectivity index is 2.47. The number of anilines is 1. The first kappa shape index (κ1) is 9.45. The summed E-state index contributed by atoms with van der Waals surface area (Å²) in [5.41, 5.74) is 4.09. The molecule has 0 bridgehead atoms. The number of benzene rings is 1. The highest BCUT2D eigenvalue weighted by Gasteiger charge is 2.21. The number of carbonyl (C=O) groups is 1. The zero-order valence-corrected chi connectivity index (χ0v) is 8.06. The van der Waals surface area contributed by atoms with Crippen LogP contribution in [0, 0.1) is 10.1 Å². The van der Waals surface area contributed by atoms with Gasteiger partial charge in [0.2, 0.25) is 5.91 Å². The summed E-state index contributed by atoms with van der Waals surface area (Å²) in [7, 11) is 1.70. The Morgan fingerprint density at radius 3 is 2.93 bits per heavy atom. The molecular weight excluding hydrogens is 198 g/mol. The Morgan fingerprint density at radius 2 is 2.27 bits per heavy atom. The van der Waals surface area contributed by atoms with Crippen molar-refractivity contribution >= 4 is 17.3 Å². The van der Waals surface area contributed by atoms with E-state index in [1.165, 1.54) is 12.1 Å². The van der Waals surface area contributed by atoms with E-state index in [4.69, 9.17) is 0 Å². The van der Waals surface area contributed by atoms with E-state index in [2.05, 4.69) is 5.43 Å². The molecule has 0 aromatic heterocycles. The highest BCUT2D eigenvalue weighted by Crippen LogP contribution is 2.26. The number of non-ortho nitro benzene ring substituents is 1. The van der Waals surface area contributed by atoms with Crippen LogP contribution in [0.1, 0.15) is 5.56 Å². The number of carbonyl (C=O) groups excluding carboxylic acids is 1. The number of hydrogen-bond donors (Lipinski definition) is 1. The van der Waals surface area contributed by atoms with Crippen molar-refractivity contribution in [3.63, 3.8) is 0 Å². The monoisotopic (exact) mass is 207 g/mol. The van der Waals surface area contributed by atoms with Gasteiger partial charge in [0, 0.05) is 19.2 Å². The number of nitro groups is 1. The first-order valence-corrected chi connectivity index (χ1v) is 4.38. The molecule has 0 atom stereocenters. The third kappa shape index (κ3) is 1.61. The molecule has 1 aliphatic heterocycles. The van der Waals surface area contributed by atoms with Crippen LogP contribution in [0.25, 0.3) is 0 Å². The molecular formula is C9H9N3O3. The molecule has 0 radical (unpaired) electrons. The maximum atomic E-state index is 11.2. The molecule has 0 unspecified atom stereocenters. The van der Waals surface area contributed by atoms with Crippen LogP contribution in [-0.4, -0.2) is 17.9 Å². The smallest absolute Gasteiger partial charge is 0.269 e. The van der Waals surface area contributed by atoms with Gasteiger partial charge in [0.05, 0.1) is 17.0 Å². The lowest BCUT2D eigenvalue weighted by molar-refractivity contribution is -0.384. The summed E-state index contributed by atoms with van der Waals surface area (Å²) < 4.78 is 0. The van der Waals surface area contributed by atoms with E-state index < -0.39 is 4.92 Å². The number of hydrogen-bond acceptors (Lipinski definition) is 4. The fourth-order valence-corrected chi connectivity index (χ4v) is 1.61. The minimum absolute atomic E-state index is 0.0110. The molecule has 0 saturated heterocycles. The molecule has 1 aromatic rings. The predicted molar refractivity (Wildman–Crippen MR) is 53.3 cm³/mol. The Morgan fingerprint density at radius 1 is 1.53 bits per heavy atom. The Labute approximate surface area is 85.6 Å². The summed E-state index contributed by atoms with van der Waals surface area (Å²) in [4.78, 5) is 21.3. The number of hydrazine groups is 1. The van der Waals surface area contributed by atoms with Gasteiger partial charge in [-0.25, -0.2) is 0 Å². The van der Waals surface area contributed by atoms with Gasteiger partial charge in [0.1, 0.15) is 0 Å². The molecule has 2 rings (SSSR count). The molecule has 15 heavy (non-hydrogen) atoms. The summed E-state index contributed by atoms with van der Waals surface area (Å²) in [6, 6.07) is 4.49. The third-order valence-corrected chi connectivity index (χ3v) is 2.28. The van der Waals surface area contributed by atoms with Gasteiger partial charge >= 0.3 is 0 Å². The predicted octanol–water partition coefficient (Wildman–Crippen LogP) is 0.618. The molecule has 1 aliphatic rings. The summed E-state index contributed by atoms with van der Waals surface area (Å²) in [6.45, 7) is 0. The van der Waals surface area contributed by atoms with Crippen molar-refractivity contribution in [2.45, 2.75) is 6.42 Å². The minimum atomic E-state index is -0.465. The molecule has 6 heteroatoms. The lowest BCUT2D eigenvalue weighted by Gasteiger charge is -2.27. The van der Waals surface area contributed by atoms with Crippen molar-refractivity contribution in [1.82, 2.24) is 5.43 Å². The van der Waals surface area contributed by atoms with Gasteiger partial charge in [-0.3, -0.25) is 25.3 Å². The van der Waals surface area contributed by atoms with E-state index >= 15 is 0 Å². The number of nitro benzene ring substituents is 1. The van der Waals surface area contributed by atoms with Crippen LogP contribution < -0.4 is 10.4 Å². The number of amides is 1. The summed E-state index contributed by atoms with van der Waals surface area (Å²) in [5.74, 6) is -0.162. The normalized spacial score (nSPS) is 14.5. The second-order valence-corrected chi connectivity index (χ2v) is 3.34. The maximum absolute atomic E-state index is 11.2. The molecule has 1 heterocycles. The molecule has 78 valence electrons. The lowest BCUT2D eigenvalue weighted by Crippen LogP contribution is -2.44. The fraction of sp³-hybridized carbons (Fsp3) is 0.222. The molecule has 6 nitrogen and oxygen atoms in total. The number of nitrogens with zero attached hydrogens (tertiary/aromatic N) is 2. The van der Waals surface area contributed by atoms with Crippen molar-refractivity contribution in [1.29, 1.82) is 0 Å². The van der Waals surface area contributed by atoms with Crippen LogP contribution in [0.5, 0.6) is 0 Å². The maximum Gasteiger partial charge on any atom is 0.269 e. The molecule has 0 spiro atoms. The van der Waals surface area contributed by atoms with E-state index in [0.717, 1.165) is 5.69 Å². The van der Waals surface area contributed by atoms with Gasteiger partial charge in [0.15, 0.2) is 0 Å². The van der Waals surface area contributed by atoms with E-state index in [1.54, 1.807) is 18.1 Å². The SMILES string of the molecule is CN1NC(=O)Cc2cc([N+](=O)[O-])ccc21. The van der Waals surface area contributed by atoms with E-state index in [9.17, 15) is 14.9 Å². The van der Waals surface area contributed by atoms with Crippen LogP contribution in [0.4, 0.5) is 11.4 Å². The van der Waals surface area contributed by atoms with Gasteiger partial charge in [-0.05, 0) is 11.6 Å². The minimum Gasteiger partial charge on any atom is -0.288 e. The zero-order chi connectivity index (χ0) is 11.0. The molecule has 1 aromatic carbocycles. The van der Waals surface area contributed by atoms with Crippen LogP contribution in [-0.2, 0) is 11.2 Å². The second kappa shape index (κ2) is 3.23. The van der Waals surface area contributed by atoms with E-state index in [0.29, 0.717) is 5.56 Å². The first-order valence-electron chi connectivity index (χ1n) is 4.38. The summed E-state index contributed by atoms with van der Waals surface area (Å²) in [5, 5.41) is 12.1. The largest absolute Gasteiger partial charge is 0.288 e. The summed E-state index contributed by atoms with van der Waals surface area (Å²) >= 11 is 0. The Kier molecular flexibility index (Phi) is 2.03. The Hall–Kier alpha value is -2.11. The zero-order valence-electron chi connectivity index (χ0n) is 8.06. The fourth-order valence-electron chi connectivity index (χ4n) is 1.61. The van der Waals surface area contributed by atoms with Crippen LogP contribution >= 0.6 is 0 Å². The molecule has 1 amide bonds. The number of nitrogens with one attached hydrogen (secondary N) is 1. The topological polar surface area (TPSA) is 75.5 Å². The van der Waals surface area contributed by atoms with Crippen molar-refractivity contribution in [2.75, 3.05) is 12.1 Å². The van der Waals surface area contributed by atoms with Gasteiger partial charge in [-0.1, -0.05) is 0 Å².